The fourth-order valence-electron chi connectivity index (χ4n) is 1.91. The van der Waals surface area contributed by atoms with Crippen LogP contribution in [0.15, 0.2) is 18.2 Å². The van der Waals surface area contributed by atoms with E-state index in [9.17, 15) is 4.79 Å². The lowest BCUT2D eigenvalue weighted by molar-refractivity contribution is 0.251. The predicted molar refractivity (Wildman–Crippen MR) is 74.5 cm³/mol. The van der Waals surface area contributed by atoms with Crippen LogP contribution in [0.1, 0.15) is 12.8 Å². The van der Waals surface area contributed by atoms with Crippen LogP contribution in [0.5, 0.6) is 0 Å². The van der Waals surface area contributed by atoms with Crippen molar-refractivity contribution in [1.82, 2.24) is 10.6 Å². The molecule has 2 amide bonds. The highest BCUT2D eigenvalue weighted by atomic mass is 35.5. The van der Waals surface area contributed by atoms with Crippen LogP contribution in [-0.4, -0.2) is 25.2 Å². The Morgan fingerprint density at radius 3 is 3.00 bits per heavy atom. The zero-order valence-corrected chi connectivity index (χ0v) is 11.3. The van der Waals surface area contributed by atoms with Gasteiger partial charge < -0.3 is 16.0 Å². The highest BCUT2D eigenvalue weighted by Crippen LogP contribution is 2.25. The lowest BCUT2D eigenvalue weighted by Crippen LogP contribution is -2.39. The summed E-state index contributed by atoms with van der Waals surface area (Å²) in [6.07, 6.45) is 2.26. The molecule has 3 N–H and O–H groups in total. The molecule has 2 rings (SSSR count). The predicted octanol–water partition coefficient (Wildman–Crippen LogP) is 2.87. The lowest BCUT2D eigenvalue weighted by Gasteiger charge is -2.13. The zero-order valence-electron chi connectivity index (χ0n) is 9.80. The topological polar surface area (TPSA) is 53.2 Å². The maximum atomic E-state index is 11.7. The molecule has 1 unspecified atom stereocenters. The maximum Gasteiger partial charge on any atom is 0.319 e. The minimum absolute atomic E-state index is 0.270. The summed E-state index contributed by atoms with van der Waals surface area (Å²) in [7, 11) is 0. The number of urea groups is 1. The van der Waals surface area contributed by atoms with Crippen LogP contribution in [-0.2, 0) is 0 Å². The number of amides is 2. The Hall–Kier alpha value is -0.970. The number of carbonyl (C=O) groups excluding carboxylic acids is 1. The molecule has 0 saturated carbocycles. The Bertz CT molecular complexity index is 433. The monoisotopic (exact) mass is 287 g/mol. The third kappa shape index (κ3) is 3.77. The van der Waals surface area contributed by atoms with E-state index in [0.717, 1.165) is 19.4 Å². The largest absolute Gasteiger partial charge is 0.336 e. The number of carbonyl (C=O) groups is 1. The van der Waals surface area contributed by atoms with Crippen molar-refractivity contribution >= 4 is 34.9 Å². The Kier molecular flexibility index (Phi) is 4.69. The third-order valence-corrected chi connectivity index (χ3v) is 3.41. The van der Waals surface area contributed by atoms with Crippen LogP contribution in [0.25, 0.3) is 0 Å². The molecular weight excluding hydrogens is 273 g/mol. The van der Waals surface area contributed by atoms with Gasteiger partial charge in [-0.05, 0) is 37.6 Å². The zero-order chi connectivity index (χ0) is 13.0. The second kappa shape index (κ2) is 6.27. The Morgan fingerprint density at radius 1 is 1.44 bits per heavy atom. The number of anilines is 1. The van der Waals surface area contributed by atoms with Gasteiger partial charge in [-0.15, -0.1) is 0 Å². The molecule has 0 bridgehead atoms. The molecule has 4 nitrogen and oxygen atoms in total. The van der Waals surface area contributed by atoms with Gasteiger partial charge in [-0.25, -0.2) is 4.79 Å². The van der Waals surface area contributed by atoms with Crippen LogP contribution in [0.2, 0.25) is 10.0 Å². The molecule has 1 heterocycles. The fourth-order valence-corrected chi connectivity index (χ4v) is 2.24. The highest BCUT2D eigenvalue weighted by Gasteiger charge is 2.14. The van der Waals surface area contributed by atoms with E-state index >= 15 is 0 Å². The molecule has 0 aliphatic carbocycles. The molecule has 1 saturated heterocycles. The van der Waals surface area contributed by atoms with E-state index in [1.54, 1.807) is 18.2 Å². The van der Waals surface area contributed by atoms with Gasteiger partial charge >= 0.3 is 6.03 Å². The molecule has 1 aliphatic heterocycles. The smallest absolute Gasteiger partial charge is 0.319 e. The van der Waals surface area contributed by atoms with Gasteiger partial charge in [0.15, 0.2) is 0 Å². The van der Waals surface area contributed by atoms with Gasteiger partial charge in [0.05, 0.1) is 10.7 Å². The molecule has 1 fully saturated rings. The average molecular weight is 288 g/mol. The normalized spacial score (nSPS) is 18.7. The number of hydrogen-bond acceptors (Lipinski definition) is 2. The molecule has 6 heteroatoms. The molecule has 18 heavy (non-hydrogen) atoms. The fraction of sp³-hybridized carbons (Fsp3) is 0.417. The molecule has 98 valence electrons. The first-order valence-corrected chi connectivity index (χ1v) is 6.64. The van der Waals surface area contributed by atoms with Gasteiger partial charge in [-0.1, -0.05) is 23.2 Å². The summed E-state index contributed by atoms with van der Waals surface area (Å²) < 4.78 is 0. The molecule has 0 aromatic heterocycles. The second-order valence-corrected chi connectivity index (χ2v) is 5.10. The number of rotatable bonds is 3. The summed E-state index contributed by atoms with van der Waals surface area (Å²) in [5.41, 5.74) is 0.515. The Morgan fingerprint density at radius 2 is 2.28 bits per heavy atom. The first-order valence-electron chi connectivity index (χ1n) is 5.88. The lowest BCUT2D eigenvalue weighted by atomic mass is 10.2. The van der Waals surface area contributed by atoms with E-state index < -0.39 is 0 Å². The summed E-state index contributed by atoms with van der Waals surface area (Å²) in [5, 5.41) is 9.79. The van der Waals surface area contributed by atoms with Crippen LogP contribution < -0.4 is 16.0 Å². The molecule has 1 aliphatic rings. The van der Waals surface area contributed by atoms with E-state index in [2.05, 4.69) is 16.0 Å². The van der Waals surface area contributed by atoms with Crippen molar-refractivity contribution in [1.29, 1.82) is 0 Å². The van der Waals surface area contributed by atoms with E-state index in [1.807, 2.05) is 0 Å². The van der Waals surface area contributed by atoms with Crippen molar-refractivity contribution in [2.24, 2.45) is 0 Å². The number of hydrogen-bond donors (Lipinski definition) is 3. The van der Waals surface area contributed by atoms with Crippen molar-refractivity contribution in [3.8, 4) is 0 Å². The van der Waals surface area contributed by atoms with Crippen molar-refractivity contribution in [3.63, 3.8) is 0 Å². The van der Waals surface area contributed by atoms with Crippen molar-refractivity contribution in [2.75, 3.05) is 18.4 Å². The average Bonchev–Trinajstić information content (AvgIpc) is 2.84. The van der Waals surface area contributed by atoms with Gasteiger partial charge in [0.25, 0.3) is 0 Å². The van der Waals surface area contributed by atoms with E-state index in [1.165, 1.54) is 0 Å². The summed E-state index contributed by atoms with van der Waals surface area (Å²) in [5.74, 6) is 0. The number of nitrogens with one attached hydrogen (secondary N) is 3. The third-order valence-electron chi connectivity index (χ3n) is 2.85. The van der Waals surface area contributed by atoms with E-state index in [0.29, 0.717) is 28.3 Å². The molecule has 1 aromatic carbocycles. The SMILES string of the molecule is O=C(NCC1CCCN1)Nc1cc(Cl)ccc1Cl. The van der Waals surface area contributed by atoms with Crippen LogP contribution in [0.4, 0.5) is 10.5 Å². The van der Waals surface area contributed by atoms with E-state index in [-0.39, 0.29) is 6.03 Å². The number of benzene rings is 1. The molecule has 1 atom stereocenters. The van der Waals surface area contributed by atoms with Crippen molar-refractivity contribution in [2.45, 2.75) is 18.9 Å². The van der Waals surface area contributed by atoms with Crippen LogP contribution in [0.3, 0.4) is 0 Å². The van der Waals surface area contributed by atoms with Gasteiger partial charge in [0, 0.05) is 17.6 Å². The Balaban J connectivity index is 1.84. The maximum absolute atomic E-state index is 11.7. The first-order chi connectivity index (χ1) is 8.65. The van der Waals surface area contributed by atoms with Gasteiger partial charge in [0.1, 0.15) is 0 Å². The molecule has 0 spiro atoms. The summed E-state index contributed by atoms with van der Waals surface area (Å²) in [6.45, 7) is 1.64. The highest BCUT2D eigenvalue weighted by molar-refractivity contribution is 6.35. The van der Waals surface area contributed by atoms with Gasteiger partial charge in [0.2, 0.25) is 0 Å². The molecular formula is C12H15Cl2N3O. The van der Waals surface area contributed by atoms with Crippen molar-refractivity contribution < 1.29 is 4.79 Å². The van der Waals surface area contributed by atoms with Crippen LogP contribution in [0, 0.1) is 0 Å². The summed E-state index contributed by atoms with van der Waals surface area (Å²) in [4.78, 5) is 11.7. The second-order valence-electron chi connectivity index (χ2n) is 4.25. The number of halogens is 2. The molecule has 1 aromatic rings. The standard InChI is InChI=1S/C12H15Cl2N3O/c13-8-3-4-10(14)11(6-8)17-12(18)16-7-9-2-1-5-15-9/h3-4,6,9,15H,1-2,5,7H2,(H2,16,17,18). The summed E-state index contributed by atoms with van der Waals surface area (Å²) in [6, 6.07) is 5.04. The van der Waals surface area contributed by atoms with Crippen LogP contribution >= 0.6 is 23.2 Å². The van der Waals surface area contributed by atoms with Gasteiger partial charge in [-0.3, -0.25) is 0 Å². The summed E-state index contributed by atoms with van der Waals surface area (Å²) >= 11 is 11.8. The van der Waals surface area contributed by atoms with Crippen molar-refractivity contribution in [3.05, 3.63) is 28.2 Å². The van der Waals surface area contributed by atoms with Gasteiger partial charge in [-0.2, -0.15) is 0 Å². The minimum atomic E-state index is -0.270. The first kappa shape index (κ1) is 13.5. The minimum Gasteiger partial charge on any atom is -0.336 e. The molecule has 0 radical (unpaired) electrons. The quantitative estimate of drug-likeness (QED) is 0.801. The van der Waals surface area contributed by atoms with E-state index in [4.69, 9.17) is 23.2 Å². The Labute approximate surface area is 116 Å².